The predicted molar refractivity (Wildman–Crippen MR) is 418 cm³/mol. The number of carbonyl (C=O) groups excluding carboxylic acids is 4. The van der Waals surface area contributed by atoms with Gasteiger partial charge in [0.1, 0.15) is 19.3 Å². The quantitative estimate of drug-likeness (QED) is 0.0222. The Kier molecular flexibility index (Phi) is 73.1. The summed E-state index contributed by atoms with van der Waals surface area (Å²) < 4.78 is 68.8. The highest BCUT2D eigenvalue weighted by Crippen LogP contribution is 2.45. The molecular weight excluding hydrogens is 1330 g/mol. The van der Waals surface area contributed by atoms with Crippen molar-refractivity contribution in [2.45, 2.75) is 458 Å². The number of aliphatic hydroxyl groups is 1. The van der Waals surface area contributed by atoms with Gasteiger partial charge in [-0.1, -0.05) is 388 Å². The first-order valence-electron chi connectivity index (χ1n) is 43.0. The molecule has 0 saturated heterocycles. The highest BCUT2D eigenvalue weighted by atomic mass is 31.2. The van der Waals surface area contributed by atoms with Gasteiger partial charge in [0.25, 0.3) is 0 Å². The molecule has 102 heavy (non-hydrogen) atoms. The van der Waals surface area contributed by atoms with Crippen LogP contribution in [0.25, 0.3) is 0 Å². The Morgan fingerprint density at radius 3 is 0.667 bits per heavy atom. The van der Waals surface area contributed by atoms with Crippen LogP contribution in [0, 0.1) is 11.8 Å². The molecule has 0 bridgehead atoms. The third kappa shape index (κ3) is 76.3. The number of ether oxygens (including phenoxy) is 4. The van der Waals surface area contributed by atoms with Gasteiger partial charge in [-0.15, -0.1) is 0 Å². The predicted octanol–water partition coefficient (Wildman–Crippen LogP) is 25.1. The van der Waals surface area contributed by atoms with Crippen LogP contribution in [-0.2, 0) is 65.4 Å². The molecule has 5 atom stereocenters. The zero-order valence-electron chi connectivity index (χ0n) is 66.9. The number of carbonyl (C=O) groups is 4. The Labute approximate surface area is 626 Å². The minimum absolute atomic E-state index is 0.108. The molecule has 0 aromatic carbocycles. The van der Waals surface area contributed by atoms with Crippen LogP contribution in [0.4, 0.5) is 0 Å². The number of esters is 4. The van der Waals surface area contributed by atoms with E-state index in [0.717, 1.165) is 102 Å². The van der Waals surface area contributed by atoms with Gasteiger partial charge in [0.05, 0.1) is 26.4 Å². The van der Waals surface area contributed by atoms with Gasteiger partial charge >= 0.3 is 39.5 Å². The summed E-state index contributed by atoms with van der Waals surface area (Å²) in [6.45, 7) is 9.70. The minimum atomic E-state index is -4.96. The van der Waals surface area contributed by atoms with Crippen molar-refractivity contribution in [3.8, 4) is 0 Å². The van der Waals surface area contributed by atoms with Crippen LogP contribution >= 0.6 is 15.6 Å². The average Bonchev–Trinajstić information content (AvgIpc) is 0.927. The van der Waals surface area contributed by atoms with Gasteiger partial charge in [-0.25, -0.2) is 9.13 Å². The standard InChI is InChI=1S/C83H162O17P2/c1-7-9-11-13-15-17-19-21-24-29-37-43-49-55-61-67-82(87)99-78(71-93-80(85)65-59-53-47-41-35-27-20-18-16-14-12-10-8-2)73-97-101(89,90)95-69-77(84)70-96-102(91,92)98-74-79(72-94-81(86)66-60-54-48-42-36-32-31-34-40-46-52-58-64-76(5)6)100-83(88)68-62-56-50-44-38-30-26-23-22-25-28-33-39-45-51-57-63-75(3)4/h75-79,84H,7-74H2,1-6H3,(H,89,90)(H,91,92)/t77-,78+,79+/m0/s1. The fourth-order valence-corrected chi connectivity index (χ4v) is 14.5. The van der Waals surface area contributed by atoms with E-state index >= 15 is 0 Å². The molecule has 17 nitrogen and oxygen atoms in total. The van der Waals surface area contributed by atoms with Crippen molar-refractivity contribution in [2.24, 2.45) is 11.8 Å². The Bertz CT molecular complexity index is 1960. The molecule has 0 rings (SSSR count). The fourth-order valence-electron chi connectivity index (χ4n) is 12.9. The smallest absolute Gasteiger partial charge is 0.462 e. The van der Waals surface area contributed by atoms with Crippen molar-refractivity contribution in [2.75, 3.05) is 39.6 Å². The van der Waals surface area contributed by atoms with E-state index < -0.39 is 97.5 Å². The normalized spacial score (nSPS) is 13.9. The first-order valence-corrected chi connectivity index (χ1v) is 46.0. The lowest BCUT2D eigenvalue weighted by molar-refractivity contribution is -0.161. The number of hydrogen-bond acceptors (Lipinski definition) is 15. The lowest BCUT2D eigenvalue weighted by atomic mass is 10.0. The van der Waals surface area contributed by atoms with Crippen molar-refractivity contribution in [3.05, 3.63) is 0 Å². The number of rotatable bonds is 82. The van der Waals surface area contributed by atoms with Crippen LogP contribution in [0.5, 0.6) is 0 Å². The number of aliphatic hydroxyl groups excluding tert-OH is 1. The van der Waals surface area contributed by atoms with Gasteiger partial charge in [-0.3, -0.25) is 37.3 Å². The van der Waals surface area contributed by atoms with Crippen LogP contribution in [0.15, 0.2) is 0 Å². The molecule has 0 aromatic heterocycles. The van der Waals surface area contributed by atoms with E-state index in [4.69, 9.17) is 37.0 Å². The summed E-state index contributed by atoms with van der Waals surface area (Å²) in [5.74, 6) is -0.511. The van der Waals surface area contributed by atoms with Gasteiger partial charge in [0.2, 0.25) is 0 Å². The number of phosphoric ester groups is 2. The second-order valence-corrected chi connectivity index (χ2v) is 33.7. The molecule has 0 heterocycles. The maximum Gasteiger partial charge on any atom is 0.472 e. The summed E-state index contributed by atoms with van der Waals surface area (Å²) in [5.41, 5.74) is 0. The molecule has 2 unspecified atom stereocenters. The number of unbranched alkanes of at least 4 members (excludes halogenated alkanes) is 52. The van der Waals surface area contributed by atoms with Crippen LogP contribution in [0.3, 0.4) is 0 Å². The lowest BCUT2D eigenvalue weighted by Crippen LogP contribution is -2.30. The van der Waals surface area contributed by atoms with Crippen LogP contribution in [0.1, 0.15) is 440 Å². The Morgan fingerprint density at radius 2 is 0.451 bits per heavy atom. The zero-order chi connectivity index (χ0) is 74.9. The highest BCUT2D eigenvalue weighted by molar-refractivity contribution is 7.47. The third-order valence-corrected chi connectivity index (χ3v) is 21.4. The molecule has 0 aliphatic heterocycles. The summed E-state index contributed by atoms with van der Waals surface area (Å²) >= 11 is 0. The first-order chi connectivity index (χ1) is 49.4. The Balaban J connectivity index is 5.26. The van der Waals surface area contributed by atoms with Crippen molar-refractivity contribution in [1.82, 2.24) is 0 Å². The fraction of sp³-hybridized carbons (Fsp3) is 0.952. The molecule has 0 fully saturated rings. The molecule has 0 aromatic rings. The molecule has 0 radical (unpaired) electrons. The van der Waals surface area contributed by atoms with E-state index in [0.29, 0.717) is 25.7 Å². The Hall–Kier alpha value is -1.94. The SMILES string of the molecule is CCCCCCCCCCCCCCCCCC(=O)O[C@H](COC(=O)CCCCCCCCCCCCCCC)COP(=O)(O)OC[C@H](O)COP(=O)(O)OC[C@@H](COC(=O)CCCCCCCCCCCCCCC(C)C)OC(=O)CCCCCCCCCCCCCCCCCCC(C)C. The van der Waals surface area contributed by atoms with E-state index in [2.05, 4.69) is 41.5 Å². The van der Waals surface area contributed by atoms with Crippen LogP contribution in [-0.4, -0.2) is 96.7 Å². The van der Waals surface area contributed by atoms with Crippen molar-refractivity contribution in [1.29, 1.82) is 0 Å². The molecule has 19 heteroatoms. The molecule has 3 N–H and O–H groups in total. The Morgan fingerprint density at radius 1 is 0.265 bits per heavy atom. The van der Waals surface area contributed by atoms with E-state index in [1.807, 2.05) is 0 Å². The highest BCUT2D eigenvalue weighted by Gasteiger charge is 2.30. The van der Waals surface area contributed by atoms with Gasteiger partial charge in [-0.2, -0.15) is 0 Å². The summed E-state index contributed by atoms with van der Waals surface area (Å²) in [5, 5.41) is 10.7. The van der Waals surface area contributed by atoms with Gasteiger partial charge in [-0.05, 0) is 37.5 Å². The molecule has 0 saturated carbocycles. The van der Waals surface area contributed by atoms with E-state index in [1.54, 1.807) is 0 Å². The molecule has 0 amide bonds. The number of phosphoric acid groups is 2. The summed E-state index contributed by atoms with van der Waals surface area (Å²) in [7, 11) is -9.92. The maximum absolute atomic E-state index is 13.1. The van der Waals surface area contributed by atoms with Crippen molar-refractivity contribution < 1.29 is 80.2 Å². The number of hydrogen-bond donors (Lipinski definition) is 3. The second kappa shape index (κ2) is 74.5. The molecular formula is C83H162O17P2. The van der Waals surface area contributed by atoms with Gasteiger partial charge in [0.15, 0.2) is 12.2 Å². The molecule has 606 valence electrons. The topological polar surface area (TPSA) is 237 Å². The minimum Gasteiger partial charge on any atom is -0.462 e. The first kappa shape index (κ1) is 100. The third-order valence-electron chi connectivity index (χ3n) is 19.5. The van der Waals surface area contributed by atoms with E-state index in [1.165, 1.54) is 257 Å². The molecule has 0 spiro atoms. The van der Waals surface area contributed by atoms with E-state index in [9.17, 15) is 43.2 Å². The summed E-state index contributed by atoms with van der Waals surface area (Å²) in [6, 6.07) is 0. The van der Waals surface area contributed by atoms with Crippen molar-refractivity contribution in [3.63, 3.8) is 0 Å². The van der Waals surface area contributed by atoms with Crippen molar-refractivity contribution >= 4 is 39.5 Å². The van der Waals surface area contributed by atoms with E-state index in [-0.39, 0.29) is 25.7 Å². The lowest BCUT2D eigenvalue weighted by Gasteiger charge is -2.21. The zero-order valence-corrected chi connectivity index (χ0v) is 68.7. The maximum atomic E-state index is 13.1. The molecule has 0 aliphatic rings. The largest absolute Gasteiger partial charge is 0.472 e. The monoisotopic (exact) mass is 1490 g/mol. The second-order valence-electron chi connectivity index (χ2n) is 30.8. The van der Waals surface area contributed by atoms with Crippen LogP contribution in [0.2, 0.25) is 0 Å². The van der Waals surface area contributed by atoms with Crippen LogP contribution < -0.4 is 0 Å². The summed E-state index contributed by atoms with van der Waals surface area (Å²) in [6.07, 6.45) is 65.0. The summed E-state index contributed by atoms with van der Waals surface area (Å²) in [4.78, 5) is 73.2. The average molecular weight is 1490 g/mol. The van der Waals surface area contributed by atoms with Gasteiger partial charge in [0, 0.05) is 25.7 Å². The van der Waals surface area contributed by atoms with Gasteiger partial charge < -0.3 is 33.8 Å². The molecule has 0 aliphatic carbocycles.